The Kier molecular flexibility index (Phi) is 4.63. The number of benzene rings is 1. The summed E-state index contributed by atoms with van der Waals surface area (Å²) in [6, 6.07) is 11.8. The molecule has 1 unspecified atom stereocenters. The lowest BCUT2D eigenvalue weighted by atomic mass is 10.1. The zero-order valence-corrected chi connectivity index (χ0v) is 12.1. The van der Waals surface area contributed by atoms with Crippen LogP contribution in [0.3, 0.4) is 0 Å². The molecule has 0 bridgehead atoms. The van der Waals surface area contributed by atoms with Crippen molar-refractivity contribution in [2.75, 3.05) is 11.5 Å². The molecule has 0 fully saturated rings. The van der Waals surface area contributed by atoms with Crippen LogP contribution in [-0.4, -0.2) is 10.7 Å². The summed E-state index contributed by atoms with van der Waals surface area (Å²) in [6.07, 6.45) is 1.67. The predicted molar refractivity (Wildman–Crippen MR) is 80.4 cm³/mol. The molecule has 5 heteroatoms. The van der Waals surface area contributed by atoms with E-state index in [2.05, 4.69) is 33.0 Å². The molecule has 0 saturated carbocycles. The van der Waals surface area contributed by atoms with E-state index in [1.807, 2.05) is 24.3 Å². The first-order valence-electron chi connectivity index (χ1n) is 5.51. The highest BCUT2D eigenvalue weighted by atomic mass is 79.9. The van der Waals surface area contributed by atoms with Crippen molar-refractivity contribution in [3.63, 3.8) is 0 Å². The van der Waals surface area contributed by atoms with Gasteiger partial charge >= 0.3 is 0 Å². The standard InChI is InChI=1S/C13H14BrN3S/c14-9-3-5-10(6-4-9)18-8-12(15)11-2-1-7-17-13(11)16/h1-7,12H,8,15H2,(H2,16,17). The molecular weight excluding hydrogens is 310 g/mol. The molecule has 1 aromatic heterocycles. The van der Waals surface area contributed by atoms with E-state index in [9.17, 15) is 0 Å². The van der Waals surface area contributed by atoms with E-state index < -0.39 is 0 Å². The molecule has 1 aromatic carbocycles. The van der Waals surface area contributed by atoms with Crippen LogP contribution in [0, 0.1) is 0 Å². The Morgan fingerprint density at radius 2 is 1.94 bits per heavy atom. The fourth-order valence-corrected chi connectivity index (χ4v) is 2.69. The molecule has 3 nitrogen and oxygen atoms in total. The number of nitrogen functional groups attached to an aromatic ring is 1. The molecule has 1 atom stereocenters. The second-order valence-corrected chi connectivity index (χ2v) is 5.86. The van der Waals surface area contributed by atoms with Gasteiger partial charge in [-0.1, -0.05) is 22.0 Å². The molecule has 0 saturated heterocycles. The highest BCUT2D eigenvalue weighted by Crippen LogP contribution is 2.26. The maximum absolute atomic E-state index is 6.12. The Bertz CT molecular complexity index is 516. The van der Waals surface area contributed by atoms with Gasteiger partial charge in [-0.05, 0) is 30.3 Å². The maximum atomic E-state index is 6.12. The van der Waals surface area contributed by atoms with Gasteiger partial charge < -0.3 is 11.5 Å². The average molecular weight is 324 g/mol. The molecule has 18 heavy (non-hydrogen) atoms. The van der Waals surface area contributed by atoms with Crippen LogP contribution in [-0.2, 0) is 0 Å². The second-order valence-electron chi connectivity index (χ2n) is 3.85. The van der Waals surface area contributed by atoms with Crippen molar-refractivity contribution in [2.24, 2.45) is 5.73 Å². The van der Waals surface area contributed by atoms with Gasteiger partial charge in [0.25, 0.3) is 0 Å². The summed E-state index contributed by atoms with van der Waals surface area (Å²) in [5.74, 6) is 1.29. The first-order chi connectivity index (χ1) is 8.66. The monoisotopic (exact) mass is 323 g/mol. The molecular formula is C13H14BrN3S. The van der Waals surface area contributed by atoms with Gasteiger partial charge in [-0.25, -0.2) is 4.98 Å². The molecule has 0 spiro atoms. The summed E-state index contributed by atoms with van der Waals surface area (Å²) in [5, 5.41) is 0. The van der Waals surface area contributed by atoms with Crippen LogP contribution in [0.2, 0.25) is 0 Å². The zero-order chi connectivity index (χ0) is 13.0. The van der Waals surface area contributed by atoms with E-state index >= 15 is 0 Å². The normalized spacial score (nSPS) is 12.3. The molecule has 4 N–H and O–H groups in total. The SMILES string of the molecule is Nc1ncccc1C(N)CSc1ccc(Br)cc1. The molecule has 0 amide bonds. The zero-order valence-electron chi connectivity index (χ0n) is 9.71. The summed E-state index contributed by atoms with van der Waals surface area (Å²) in [5.41, 5.74) is 12.8. The van der Waals surface area contributed by atoms with Gasteiger partial charge in [0.1, 0.15) is 5.82 Å². The van der Waals surface area contributed by atoms with Crippen molar-refractivity contribution in [1.29, 1.82) is 0 Å². The van der Waals surface area contributed by atoms with Gasteiger partial charge in [0.2, 0.25) is 0 Å². The van der Waals surface area contributed by atoms with Crippen molar-refractivity contribution < 1.29 is 0 Å². The van der Waals surface area contributed by atoms with Gasteiger partial charge in [-0.15, -0.1) is 11.8 Å². The van der Waals surface area contributed by atoms with E-state index in [0.29, 0.717) is 5.82 Å². The Hall–Kier alpha value is -1.04. The van der Waals surface area contributed by atoms with Crippen molar-refractivity contribution in [3.8, 4) is 0 Å². The third-order valence-corrected chi connectivity index (χ3v) is 4.17. The first kappa shape index (κ1) is 13.4. The third-order valence-electron chi connectivity index (χ3n) is 2.51. The average Bonchev–Trinajstić information content (AvgIpc) is 2.38. The minimum atomic E-state index is -0.104. The van der Waals surface area contributed by atoms with E-state index in [4.69, 9.17) is 11.5 Å². The highest BCUT2D eigenvalue weighted by molar-refractivity contribution is 9.10. The van der Waals surface area contributed by atoms with Crippen molar-refractivity contribution in [3.05, 3.63) is 52.6 Å². The Morgan fingerprint density at radius 3 is 2.61 bits per heavy atom. The molecule has 94 valence electrons. The van der Waals surface area contributed by atoms with Crippen LogP contribution in [0.15, 0.2) is 52.0 Å². The fourth-order valence-electron chi connectivity index (χ4n) is 1.55. The number of nitrogens with zero attached hydrogens (tertiary/aromatic N) is 1. The van der Waals surface area contributed by atoms with E-state index in [1.54, 1.807) is 18.0 Å². The van der Waals surface area contributed by atoms with Gasteiger partial charge in [0.15, 0.2) is 0 Å². The van der Waals surface area contributed by atoms with E-state index in [0.717, 1.165) is 15.8 Å². The summed E-state index contributed by atoms with van der Waals surface area (Å²) < 4.78 is 1.08. The Morgan fingerprint density at radius 1 is 1.22 bits per heavy atom. The lowest BCUT2D eigenvalue weighted by Gasteiger charge is -2.13. The largest absolute Gasteiger partial charge is 0.383 e. The fraction of sp³-hybridized carbons (Fsp3) is 0.154. The summed E-state index contributed by atoms with van der Waals surface area (Å²) in [6.45, 7) is 0. The second kappa shape index (κ2) is 6.22. The molecule has 2 rings (SSSR count). The van der Waals surface area contributed by atoms with Gasteiger partial charge in [0.05, 0.1) is 0 Å². The van der Waals surface area contributed by atoms with Crippen LogP contribution < -0.4 is 11.5 Å². The maximum Gasteiger partial charge on any atom is 0.128 e. The van der Waals surface area contributed by atoms with E-state index in [-0.39, 0.29) is 6.04 Å². The number of aromatic nitrogens is 1. The number of thioether (sulfide) groups is 1. The topological polar surface area (TPSA) is 64.9 Å². The molecule has 1 heterocycles. The smallest absolute Gasteiger partial charge is 0.128 e. The van der Waals surface area contributed by atoms with Crippen LogP contribution in [0.25, 0.3) is 0 Å². The Labute approximate surface area is 119 Å². The van der Waals surface area contributed by atoms with Crippen molar-refractivity contribution in [1.82, 2.24) is 4.98 Å². The summed E-state index contributed by atoms with van der Waals surface area (Å²) >= 11 is 5.12. The van der Waals surface area contributed by atoms with Crippen LogP contribution in [0.4, 0.5) is 5.82 Å². The van der Waals surface area contributed by atoms with Crippen LogP contribution in [0.5, 0.6) is 0 Å². The lowest BCUT2D eigenvalue weighted by molar-refractivity contribution is 0.828. The number of hydrogen-bond donors (Lipinski definition) is 2. The first-order valence-corrected chi connectivity index (χ1v) is 7.29. The quantitative estimate of drug-likeness (QED) is 0.848. The number of halogens is 1. The summed E-state index contributed by atoms with van der Waals surface area (Å²) in [4.78, 5) is 5.24. The number of anilines is 1. The van der Waals surface area contributed by atoms with Gasteiger partial charge in [-0.2, -0.15) is 0 Å². The molecule has 0 aliphatic carbocycles. The van der Waals surface area contributed by atoms with Crippen LogP contribution in [0.1, 0.15) is 11.6 Å². The highest BCUT2D eigenvalue weighted by Gasteiger charge is 2.10. The third kappa shape index (κ3) is 3.48. The molecule has 0 radical (unpaired) electrons. The molecule has 0 aliphatic rings. The molecule has 0 aliphatic heterocycles. The minimum absolute atomic E-state index is 0.104. The Balaban J connectivity index is 1.98. The lowest BCUT2D eigenvalue weighted by Crippen LogP contribution is -2.15. The number of rotatable bonds is 4. The predicted octanol–water partition coefficient (Wildman–Crippen LogP) is 3.22. The number of nitrogens with two attached hydrogens (primary N) is 2. The van der Waals surface area contributed by atoms with Crippen LogP contribution >= 0.6 is 27.7 Å². The number of pyridine rings is 1. The van der Waals surface area contributed by atoms with E-state index in [1.165, 1.54) is 4.90 Å². The van der Waals surface area contributed by atoms with Crippen molar-refractivity contribution in [2.45, 2.75) is 10.9 Å². The van der Waals surface area contributed by atoms with Gasteiger partial charge in [0, 0.05) is 32.9 Å². The number of hydrogen-bond acceptors (Lipinski definition) is 4. The van der Waals surface area contributed by atoms with Gasteiger partial charge in [-0.3, -0.25) is 0 Å². The summed E-state index contributed by atoms with van der Waals surface area (Å²) in [7, 11) is 0. The molecule has 2 aromatic rings. The minimum Gasteiger partial charge on any atom is -0.383 e. The van der Waals surface area contributed by atoms with Crippen molar-refractivity contribution >= 4 is 33.5 Å².